The van der Waals surface area contributed by atoms with Gasteiger partial charge in [0.2, 0.25) is 5.91 Å². The first-order valence-electron chi connectivity index (χ1n) is 9.36. The monoisotopic (exact) mass is 413 g/mol. The molecule has 1 unspecified atom stereocenters. The second-order valence-electron chi connectivity index (χ2n) is 7.10. The molecule has 0 fully saturated rings. The molecule has 10 heteroatoms. The van der Waals surface area contributed by atoms with Crippen LogP contribution in [0.15, 0.2) is 33.9 Å². The molecule has 2 heterocycles. The first kappa shape index (κ1) is 21.0. The van der Waals surface area contributed by atoms with E-state index < -0.39 is 18.0 Å². The maximum atomic E-state index is 12.3. The molecule has 2 atom stereocenters. The molecule has 0 saturated carbocycles. The van der Waals surface area contributed by atoms with Crippen molar-refractivity contribution in [2.45, 2.75) is 38.7 Å². The van der Waals surface area contributed by atoms with Crippen molar-refractivity contribution in [2.75, 3.05) is 6.54 Å². The Labute approximate surface area is 172 Å². The lowest BCUT2D eigenvalue weighted by atomic mass is 9.97. The fourth-order valence-corrected chi connectivity index (χ4v) is 3.35. The fraction of sp³-hybridized carbons (Fsp3) is 0.350. The molecule has 30 heavy (non-hydrogen) atoms. The van der Waals surface area contributed by atoms with Crippen LogP contribution in [0.3, 0.4) is 0 Å². The standard InChI is InChI=1S/C20H23N5O5/c1-10-18(11(2)29-24-10)15(20(27)28)9-23-17(26)8-14-7-16(25-30-14)12-3-5-13(6-4-12)19(21)22/h3-6,14-15H,7-9H2,1-2H3,(H3,21,22)(H,23,26)(H,27,28)/t14?,15-/m0/s1. The van der Waals surface area contributed by atoms with Crippen LogP contribution < -0.4 is 11.1 Å². The quantitative estimate of drug-likeness (QED) is 0.375. The maximum absolute atomic E-state index is 12.3. The third-order valence-corrected chi connectivity index (χ3v) is 4.91. The number of aryl methyl sites for hydroxylation is 2. The third-order valence-electron chi connectivity index (χ3n) is 4.91. The van der Waals surface area contributed by atoms with Gasteiger partial charge in [0.05, 0.1) is 17.8 Å². The number of amidine groups is 1. The third kappa shape index (κ3) is 4.65. The maximum Gasteiger partial charge on any atom is 0.312 e. The van der Waals surface area contributed by atoms with E-state index in [1.165, 1.54) is 0 Å². The van der Waals surface area contributed by atoms with E-state index in [0.29, 0.717) is 34.7 Å². The number of carboxylic acid groups (broad SMARTS) is 1. The number of aromatic nitrogens is 1. The molecule has 158 valence electrons. The van der Waals surface area contributed by atoms with Crippen molar-refractivity contribution < 1.29 is 24.1 Å². The smallest absolute Gasteiger partial charge is 0.312 e. The summed E-state index contributed by atoms with van der Waals surface area (Å²) in [5.74, 6) is -1.95. The molecule has 10 nitrogen and oxygen atoms in total. The summed E-state index contributed by atoms with van der Waals surface area (Å²) in [5, 5.41) is 27.4. The summed E-state index contributed by atoms with van der Waals surface area (Å²) in [6.07, 6.45) is 0.0563. The van der Waals surface area contributed by atoms with E-state index >= 15 is 0 Å². The van der Waals surface area contributed by atoms with Crippen molar-refractivity contribution in [1.29, 1.82) is 5.41 Å². The summed E-state index contributed by atoms with van der Waals surface area (Å²) in [6, 6.07) is 7.03. The van der Waals surface area contributed by atoms with Crippen LogP contribution in [0.1, 0.15) is 46.9 Å². The Bertz CT molecular complexity index is 976. The number of benzene rings is 1. The van der Waals surface area contributed by atoms with E-state index in [1.807, 2.05) is 0 Å². The minimum absolute atomic E-state index is 0.0167. The zero-order chi connectivity index (χ0) is 21.8. The Morgan fingerprint density at radius 2 is 2.03 bits per heavy atom. The van der Waals surface area contributed by atoms with Gasteiger partial charge in [-0.2, -0.15) is 0 Å². The normalized spacial score (nSPS) is 16.5. The summed E-state index contributed by atoms with van der Waals surface area (Å²) >= 11 is 0. The number of rotatable bonds is 8. The fourth-order valence-electron chi connectivity index (χ4n) is 3.35. The second-order valence-corrected chi connectivity index (χ2v) is 7.10. The summed E-state index contributed by atoms with van der Waals surface area (Å²) in [4.78, 5) is 29.3. The summed E-state index contributed by atoms with van der Waals surface area (Å²) in [7, 11) is 0. The van der Waals surface area contributed by atoms with Crippen LogP contribution in [0.4, 0.5) is 0 Å². The van der Waals surface area contributed by atoms with E-state index in [1.54, 1.807) is 38.1 Å². The second kappa shape index (κ2) is 8.76. The largest absolute Gasteiger partial charge is 0.481 e. The Balaban J connectivity index is 1.53. The Morgan fingerprint density at radius 3 is 2.60 bits per heavy atom. The molecule has 1 aliphatic rings. The number of hydrogen-bond donors (Lipinski definition) is 4. The van der Waals surface area contributed by atoms with Crippen LogP contribution in [-0.2, 0) is 14.4 Å². The first-order chi connectivity index (χ1) is 14.3. The highest BCUT2D eigenvalue weighted by Gasteiger charge is 2.29. The number of oxime groups is 1. The van der Waals surface area contributed by atoms with Crippen molar-refractivity contribution in [1.82, 2.24) is 10.5 Å². The van der Waals surface area contributed by atoms with E-state index in [4.69, 9.17) is 20.5 Å². The van der Waals surface area contributed by atoms with Gasteiger partial charge in [-0.25, -0.2) is 0 Å². The van der Waals surface area contributed by atoms with Gasteiger partial charge in [0.1, 0.15) is 23.6 Å². The molecular weight excluding hydrogens is 390 g/mol. The molecule has 3 rings (SSSR count). The highest BCUT2D eigenvalue weighted by Crippen LogP contribution is 2.24. The number of aliphatic carboxylic acids is 1. The summed E-state index contributed by atoms with van der Waals surface area (Å²) in [5.41, 5.74) is 8.54. The Hall–Kier alpha value is -3.69. The van der Waals surface area contributed by atoms with Gasteiger partial charge in [-0.15, -0.1) is 0 Å². The number of nitrogen functional groups attached to an aromatic ring is 1. The molecule has 2 aromatic rings. The Morgan fingerprint density at radius 1 is 1.33 bits per heavy atom. The van der Waals surface area contributed by atoms with Crippen molar-refractivity contribution in [3.63, 3.8) is 0 Å². The van der Waals surface area contributed by atoms with Crippen molar-refractivity contribution >= 4 is 23.4 Å². The lowest BCUT2D eigenvalue weighted by molar-refractivity contribution is -0.138. The zero-order valence-corrected chi connectivity index (χ0v) is 16.6. The van der Waals surface area contributed by atoms with Gasteiger partial charge in [0.15, 0.2) is 0 Å². The minimum atomic E-state index is -1.07. The number of nitrogens with two attached hydrogens (primary N) is 1. The van der Waals surface area contributed by atoms with Gasteiger partial charge in [-0.3, -0.25) is 15.0 Å². The molecule has 1 aromatic heterocycles. The van der Waals surface area contributed by atoms with Crippen molar-refractivity contribution in [3.8, 4) is 0 Å². The van der Waals surface area contributed by atoms with Crippen LogP contribution in [-0.4, -0.2) is 46.3 Å². The Kier molecular flexibility index (Phi) is 6.14. The van der Waals surface area contributed by atoms with Crippen LogP contribution in [0.2, 0.25) is 0 Å². The van der Waals surface area contributed by atoms with Gasteiger partial charge in [0.25, 0.3) is 0 Å². The predicted molar refractivity (Wildman–Crippen MR) is 107 cm³/mol. The predicted octanol–water partition coefficient (Wildman–Crippen LogP) is 1.44. The van der Waals surface area contributed by atoms with E-state index in [9.17, 15) is 14.7 Å². The summed E-state index contributed by atoms with van der Waals surface area (Å²) in [6.45, 7) is 3.23. The lowest BCUT2D eigenvalue weighted by Crippen LogP contribution is -2.34. The van der Waals surface area contributed by atoms with Crippen LogP contribution in [0.25, 0.3) is 0 Å². The van der Waals surface area contributed by atoms with Gasteiger partial charge in [-0.1, -0.05) is 34.6 Å². The highest BCUT2D eigenvalue weighted by molar-refractivity contribution is 6.02. The topological polar surface area (TPSA) is 164 Å². The number of hydrogen-bond acceptors (Lipinski definition) is 7. The van der Waals surface area contributed by atoms with E-state index in [0.717, 1.165) is 5.56 Å². The molecule has 1 aliphatic heterocycles. The van der Waals surface area contributed by atoms with Crippen molar-refractivity contribution in [2.24, 2.45) is 10.9 Å². The number of nitrogens with one attached hydrogen (secondary N) is 2. The van der Waals surface area contributed by atoms with Crippen LogP contribution >= 0.6 is 0 Å². The van der Waals surface area contributed by atoms with Gasteiger partial charge < -0.3 is 25.5 Å². The number of carbonyl (C=O) groups is 2. The number of carbonyl (C=O) groups excluding carboxylic acids is 1. The molecular formula is C20H23N5O5. The van der Waals surface area contributed by atoms with Gasteiger partial charge in [-0.05, 0) is 19.4 Å². The molecule has 0 radical (unpaired) electrons. The highest BCUT2D eigenvalue weighted by atomic mass is 16.6. The molecule has 0 spiro atoms. The van der Waals surface area contributed by atoms with Crippen LogP contribution in [0, 0.1) is 19.3 Å². The average Bonchev–Trinajstić information content (AvgIpc) is 3.29. The number of nitrogens with zero attached hydrogens (tertiary/aromatic N) is 2. The molecule has 0 aliphatic carbocycles. The van der Waals surface area contributed by atoms with Gasteiger partial charge in [0, 0.05) is 24.1 Å². The molecule has 1 aromatic carbocycles. The lowest BCUT2D eigenvalue weighted by Gasteiger charge is -2.14. The van der Waals surface area contributed by atoms with E-state index in [-0.39, 0.29) is 24.7 Å². The molecule has 1 amide bonds. The molecule has 0 saturated heterocycles. The van der Waals surface area contributed by atoms with Crippen LogP contribution in [0.5, 0.6) is 0 Å². The summed E-state index contributed by atoms with van der Waals surface area (Å²) < 4.78 is 5.04. The average molecular weight is 413 g/mol. The van der Waals surface area contributed by atoms with Crippen molar-refractivity contribution in [3.05, 3.63) is 52.4 Å². The zero-order valence-electron chi connectivity index (χ0n) is 16.6. The van der Waals surface area contributed by atoms with E-state index in [2.05, 4.69) is 15.6 Å². The SMILES string of the molecule is Cc1noc(C)c1[C@H](CNC(=O)CC1CC(c2ccc(C(=N)N)cc2)=NO1)C(=O)O. The minimum Gasteiger partial charge on any atom is -0.481 e. The first-order valence-corrected chi connectivity index (χ1v) is 9.36. The number of amides is 1. The molecule has 5 N–H and O–H groups in total. The molecule has 0 bridgehead atoms. The number of carboxylic acids is 1. The van der Waals surface area contributed by atoms with Gasteiger partial charge >= 0.3 is 5.97 Å².